The smallest absolute Gasteiger partial charge is 0.151 e. The fraction of sp³-hybridized carbons (Fsp3) is 0.450. The van der Waals surface area contributed by atoms with Crippen LogP contribution in [0.2, 0.25) is 0 Å². The lowest BCUT2D eigenvalue weighted by atomic mass is 9.82. The van der Waals surface area contributed by atoms with E-state index in [1.54, 1.807) is 24.3 Å². The van der Waals surface area contributed by atoms with Crippen molar-refractivity contribution in [1.82, 2.24) is 15.5 Å². The maximum Gasteiger partial charge on any atom is 0.151 e. The zero-order chi connectivity index (χ0) is 19.0. The highest BCUT2D eigenvalue weighted by Crippen LogP contribution is 2.33. The summed E-state index contributed by atoms with van der Waals surface area (Å²) in [6, 6.07) is 10.3. The molecule has 0 saturated carbocycles. The summed E-state index contributed by atoms with van der Waals surface area (Å²) in [5, 5.41) is 30.9. The lowest BCUT2D eigenvalue weighted by Crippen LogP contribution is -2.61. The first kappa shape index (κ1) is 17.7. The van der Waals surface area contributed by atoms with Crippen LogP contribution in [-0.2, 0) is 0 Å². The van der Waals surface area contributed by atoms with Gasteiger partial charge in [0.05, 0.1) is 23.4 Å². The first-order chi connectivity index (χ1) is 13.1. The number of hydrogen-bond donors (Lipinski definition) is 2. The van der Waals surface area contributed by atoms with Crippen molar-refractivity contribution in [3.05, 3.63) is 35.9 Å². The second-order valence-electron chi connectivity index (χ2n) is 7.38. The number of aromatic nitrogens is 2. The number of hydrogen-bond acceptors (Lipinski definition) is 6. The van der Waals surface area contributed by atoms with E-state index in [1.807, 2.05) is 18.0 Å². The molecule has 2 aliphatic heterocycles. The van der Waals surface area contributed by atoms with Gasteiger partial charge in [0.1, 0.15) is 11.9 Å². The van der Waals surface area contributed by atoms with Crippen LogP contribution in [0.4, 0.5) is 10.2 Å². The van der Waals surface area contributed by atoms with E-state index >= 15 is 0 Å². The molecule has 4 atom stereocenters. The molecule has 7 heteroatoms. The summed E-state index contributed by atoms with van der Waals surface area (Å²) in [7, 11) is 1.86. The summed E-state index contributed by atoms with van der Waals surface area (Å²) in [4.78, 5) is 1.88. The molecule has 0 unspecified atom stereocenters. The standard InChI is InChI=1S/C20H22FN5O/c1-26(17-10-13-3-2-4-16(23-13)20(17)21)19-8-7-15(24-25-19)14-6-5-12(11-22)9-18(14)27/h5-9,13,16-17,20,23,27H,2-4,10H2,1H3/t13-,16-,17-,20+/m1/s1. The quantitative estimate of drug-likeness (QED) is 0.868. The molecule has 4 rings (SSSR count). The highest BCUT2D eigenvalue weighted by atomic mass is 19.1. The van der Waals surface area contributed by atoms with E-state index in [4.69, 9.17) is 5.26 Å². The van der Waals surface area contributed by atoms with Crippen molar-refractivity contribution >= 4 is 5.82 Å². The van der Waals surface area contributed by atoms with E-state index in [9.17, 15) is 9.50 Å². The van der Waals surface area contributed by atoms with E-state index < -0.39 is 6.17 Å². The minimum absolute atomic E-state index is 0.0144. The molecule has 3 heterocycles. The van der Waals surface area contributed by atoms with Crippen LogP contribution in [0.1, 0.15) is 31.2 Å². The van der Waals surface area contributed by atoms with E-state index in [1.165, 1.54) is 6.07 Å². The Morgan fingerprint density at radius 1 is 1.26 bits per heavy atom. The Morgan fingerprint density at radius 2 is 2.11 bits per heavy atom. The number of nitriles is 1. The van der Waals surface area contributed by atoms with Crippen LogP contribution in [0.15, 0.2) is 30.3 Å². The van der Waals surface area contributed by atoms with Crippen LogP contribution in [-0.4, -0.2) is 46.6 Å². The molecule has 2 aliphatic rings. The first-order valence-electron chi connectivity index (χ1n) is 9.27. The largest absolute Gasteiger partial charge is 0.507 e. The Kier molecular flexibility index (Phi) is 4.66. The summed E-state index contributed by atoms with van der Waals surface area (Å²) in [6.07, 6.45) is 2.88. The molecule has 140 valence electrons. The second kappa shape index (κ2) is 7.12. The van der Waals surface area contributed by atoms with Gasteiger partial charge in [-0.2, -0.15) is 5.26 Å². The molecule has 6 nitrogen and oxygen atoms in total. The topological polar surface area (TPSA) is 85.1 Å². The molecule has 27 heavy (non-hydrogen) atoms. The Bertz CT molecular complexity index is 866. The number of alkyl halides is 1. The molecular weight excluding hydrogens is 345 g/mol. The van der Waals surface area contributed by atoms with Gasteiger partial charge >= 0.3 is 0 Å². The maximum atomic E-state index is 14.9. The number of anilines is 1. The van der Waals surface area contributed by atoms with Crippen LogP contribution in [0.25, 0.3) is 11.3 Å². The van der Waals surface area contributed by atoms with E-state index in [0.29, 0.717) is 28.7 Å². The summed E-state index contributed by atoms with van der Waals surface area (Å²) < 4.78 is 14.9. The third-order valence-electron chi connectivity index (χ3n) is 5.71. The zero-order valence-electron chi connectivity index (χ0n) is 15.1. The predicted molar refractivity (Wildman–Crippen MR) is 100 cm³/mol. The van der Waals surface area contributed by atoms with Crippen molar-refractivity contribution in [2.45, 2.75) is 50.0 Å². The summed E-state index contributed by atoms with van der Waals surface area (Å²) in [5.41, 5.74) is 1.40. The molecule has 1 aromatic carbocycles. The third kappa shape index (κ3) is 3.33. The van der Waals surface area contributed by atoms with Gasteiger partial charge in [-0.05, 0) is 49.6 Å². The van der Waals surface area contributed by atoms with Crippen molar-refractivity contribution in [2.24, 2.45) is 0 Å². The highest BCUT2D eigenvalue weighted by Gasteiger charge is 2.41. The second-order valence-corrected chi connectivity index (χ2v) is 7.38. The Morgan fingerprint density at radius 3 is 2.81 bits per heavy atom. The van der Waals surface area contributed by atoms with Crippen LogP contribution in [0, 0.1) is 11.3 Å². The van der Waals surface area contributed by atoms with Crippen LogP contribution < -0.4 is 10.2 Å². The zero-order valence-corrected chi connectivity index (χ0v) is 15.1. The van der Waals surface area contributed by atoms with E-state index in [-0.39, 0.29) is 17.8 Å². The van der Waals surface area contributed by atoms with Gasteiger partial charge in [-0.3, -0.25) is 0 Å². The number of nitrogens with one attached hydrogen (secondary N) is 1. The Balaban J connectivity index is 1.54. The molecule has 2 saturated heterocycles. The Labute approximate surface area is 157 Å². The fourth-order valence-corrected chi connectivity index (χ4v) is 4.20. The average Bonchev–Trinajstić information content (AvgIpc) is 2.70. The monoisotopic (exact) mass is 367 g/mol. The normalized spacial score (nSPS) is 27.0. The molecular formula is C20H22FN5O. The molecule has 0 aliphatic carbocycles. The maximum absolute atomic E-state index is 14.9. The number of fused-ring (bicyclic) bond motifs is 2. The lowest BCUT2D eigenvalue weighted by Gasteiger charge is -2.46. The van der Waals surface area contributed by atoms with Crippen LogP contribution in [0.3, 0.4) is 0 Å². The van der Waals surface area contributed by atoms with Gasteiger partial charge in [0.15, 0.2) is 5.82 Å². The average molecular weight is 367 g/mol. The van der Waals surface area contributed by atoms with E-state index in [0.717, 1.165) is 25.7 Å². The van der Waals surface area contributed by atoms with Crippen molar-refractivity contribution in [1.29, 1.82) is 5.26 Å². The molecule has 2 bridgehead atoms. The number of halogens is 1. The summed E-state index contributed by atoms with van der Waals surface area (Å²) in [6.45, 7) is 0. The van der Waals surface area contributed by atoms with Crippen LogP contribution in [0.5, 0.6) is 5.75 Å². The van der Waals surface area contributed by atoms with Crippen molar-refractivity contribution in [3.63, 3.8) is 0 Å². The van der Waals surface area contributed by atoms with Gasteiger partial charge in [0.25, 0.3) is 0 Å². The van der Waals surface area contributed by atoms with Crippen molar-refractivity contribution in [3.8, 4) is 23.1 Å². The number of phenolic OH excluding ortho intramolecular Hbond substituents is 1. The van der Waals surface area contributed by atoms with Gasteiger partial charge in [-0.25, -0.2) is 4.39 Å². The number of piperidine rings is 2. The number of phenols is 1. The van der Waals surface area contributed by atoms with Gasteiger partial charge in [0.2, 0.25) is 0 Å². The van der Waals surface area contributed by atoms with Gasteiger partial charge in [0, 0.05) is 24.7 Å². The SMILES string of the molecule is CN(c1ccc(-c2ccc(C#N)cc2O)nn1)[C@@H]1C[C@H]2CCC[C@@H](N2)[C@@H]1F. The van der Waals surface area contributed by atoms with Gasteiger partial charge in [-0.1, -0.05) is 6.42 Å². The molecule has 1 aromatic heterocycles. The number of benzene rings is 1. The van der Waals surface area contributed by atoms with Crippen molar-refractivity contribution < 1.29 is 9.50 Å². The van der Waals surface area contributed by atoms with Crippen molar-refractivity contribution in [2.75, 3.05) is 11.9 Å². The van der Waals surface area contributed by atoms with Crippen LogP contribution >= 0.6 is 0 Å². The minimum atomic E-state index is -0.935. The van der Waals surface area contributed by atoms with Gasteiger partial charge in [-0.15, -0.1) is 10.2 Å². The van der Waals surface area contributed by atoms with E-state index in [2.05, 4.69) is 15.5 Å². The molecule has 2 N–H and O–H groups in total. The number of nitrogens with zero attached hydrogens (tertiary/aromatic N) is 4. The molecule has 0 spiro atoms. The highest BCUT2D eigenvalue weighted by molar-refractivity contribution is 5.68. The number of rotatable bonds is 3. The summed E-state index contributed by atoms with van der Waals surface area (Å²) >= 11 is 0. The Hall–Kier alpha value is -2.72. The lowest BCUT2D eigenvalue weighted by molar-refractivity contribution is 0.107. The predicted octanol–water partition coefficient (Wildman–Crippen LogP) is 2.78. The third-order valence-corrected chi connectivity index (χ3v) is 5.71. The van der Waals surface area contributed by atoms with Gasteiger partial charge < -0.3 is 15.3 Å². The molecule has 2 fully saturated rings. The fourth-order valence-electron chi connectivity index (χ4n) is 4.20. The number of aromatic hydroxyl groups is 1. The molecule has 0 amide bonds. The minimum Gasteiger partial charge on any atom is -0.507 e. The first-order valence-corrected chi connectivity index (χ1v) is 9.27. The summed E-state index contributed by atoms with van der Waals surface area (Å²) in [5.74, 6) is 0.596. The molecule has 0 radical (unpaired) electrons. The molecule has 2 aromatic rings.